The Morgan fingerprint density at radius 3 is 2.56 bits per heavy atom. The lowest BCUT2D eigenvalue weighted by Gasteiger charge is -2.22. The molecule has 180 valence electrons. The molecule has 0 saturated heterocycles. The molecule has 34 heavy (non-hydrogen) atoms. The van der Waals surface area contributed by atoms with Crippen LogP contribution < -0.4 is 16.6 Å². The molecule has 1 N–H and O–H groups in total. The third-order valence-electron chi connectivity index (χ3n) is 6.48. The number of halogens is 2. The van der Waals surface area contributed by atoms with Gasteiger partial charge < -0.3 is 5.32 Å². The van der Waals surface area contributed by atoms with Crippen molar-refractivity contribution in [2.45, 2.75) is 70.5 Å². The number of nitrogens with one attached hydrogen (secondary N) is 1. The summed E-state index contributed by atoms with van der Waals surface area (Å²) >= 11 is 6.19. The summed E-state index contributed by atoms with van der Waals surface area (Å²) < 4.78 is 16.2. The number of amides is 1. The van der Waals surface area contributed by atoms with Gasteiger partial charge in [0.05, 0.1) is 17.4 Å². The van der Waals surface area contributed by atoms with Crippen LogP contribution in [-0.4, -0.2) is 21.1 Å². The predicted molar refractivity (Wildman–Crippen MR) is 132 cm³/mol. The van der Waals surface area contributed by atoms with Gasteiger partial charge in [-0.15, -0.1) is 0 Å². The molecule has 1 saturated carbocycles. The molecule has 0 aliphatic heterocycles. The Morgan fingerprint density at radius 1 is 1.03 bits per heavy atom. The van der Waals surface area contributed by atoms with Gasteiger partial charge in [-0.25, -0.2) is 9.18 Å². The second kappa shape index (κ2) is 11.0. The number of fused-ring (bicyclic) bond motifs is 1. The average Bonchev–Trinajstić information content (AvgIpc) is 2.83. The minimum Gasteiger partial charge on any atom is -0.353 e. The van der Waals surface area contributed by atoms with E-state index in [2.05, 4.69) is 5.32 Å². The maximum atomic E-state index is 13.5. The van der Waals surface area contributed by atoms with Gasteiger partial charge in [0.1, 0.15) is 5.82 Å². The first-order chi connectivity index (χ1) is 16.4. The van der Waals surface area contributed by atoms with E-state index in [9.17, 15) is 18.8 Å². The lowest BCUT2D eigenvalue weighted by molar-refractivity contribution is -0.122. The van der Waals surface area contributed by atoms with Crippen LogP contribution in [0.25, 0.3) is 10.9 Å². The van der Waals surface area contributed by atoms with Gasteiger partial charge in [0, 0.05) is 24.0 Å². The highest BCUT2D eigenvalue weighted by molar-refractivity contribution is 6.31. The lowest BCUT2D eigenvalue weighted by Crippen LogP contribution is -2.40. The normalized spacial score (nSPS) is 14.4. The van der Waals surface area contributed by atoms with E-state index < -0.39 is 11.5 Å². The molecule has 0 bridgehead atoms. The van der Waals surface area contributed by atoms with Crippen LogP contribution in [0.3, 0.4) is 0 Å². The van der Waals surface area contributed by atoms with Crippen LogP contribution in [0, 0.1) is 5.82 Å². The van der Waals surface area contributed by atoms with Crippen LogP contribution in [0.1, 0.15) is 56.9 Å². The molecule has 1 aliphatic carbocycles. The van der Waals surface area contributed by atoms with Crippen molar-refractivity contribution in [3.8, 4) is 0 Å². The topological polar surface area (TPSA) is 73.1 Å². The van der Waals surface area contributed by atoms with Gasteiger partial charge in [-0.1, -0.05) is 49.1 Å². The van der Waals surface area contributed by atoms with Crippen molar-refractivity contribution < 1.29 is 9.18 Å². The van der Waals surface area contributed by atoms with Gasteiger partial charge in [0.2, 0.25) is 5.91 Å². The van der Waals surface area contributed by atoms with Gasteiger partial charge in [0.25, 0.3) is 5.56 Å². The number of carbonyl (C=O) groups is 1. The molecule has 1 amide bonds. The molecule has 0 atom stereocenters. The molecule has 4 rings (SSSR count). The molecule has 0 radical (unpaired) electrons. The SMILES string of the molecule is O=C(CCCCn1c(=O)c2ccccc2n(Cc2ccc(F)cc2Cl)c1=O)NC1CCCCC1. The monoisotopic (exact) mass is 485 g/mol. The number of carbonyl (C=O) groups excluding carboxylic acids is 1. The van der Waals surface area contributed by atoms with Crippen molar-refractivity contribution in [1.82, 2.24) is 14.5 Å². The smallest absolute Gasteiger partial charge is 0.331 e. The summed E-state index contributed by atoms with van der Waals surface area (Å²) in [6, 6.07) is 11.2. The van der Waals surface area contributed by atoms with Crippen molar-refractivity contribution in [2.24, 2.45) is 0 Å². The largest absolute Gasteiger partial charge is 0.353 e. The molecule has 1 aromatic heterocycles. The fourth-order valence-electron chi connectivity index (χ4n) is 4.64. The van der Waals surface area contributed by atoms with Gasteiger partial charge in [0.15, 0.2) is 0 Å². The van der Waals surface area contributed by atoms with Crippen molar-refractivity contribution in [3.63, 3.8) is 0 Å². The minimum absolute atomic E-state index is 0.0288. The molecule has 0 unspecified atom stereocenters. The molecule has 2 aromatic carbocycles. The number of para-hydroxylation sites is 1. The standard InChI is InChI=1S/C26H29ClFN3O3/c27-22-16-19(28)14-13-18(22)17-31-23-11-5-4-10-21(23)25(33)30(26(31)34)15-7-6-12-24(32)29-20-8-2-1-3-9-20/h4-5,10-11,13-14,16,20H,1-3,6-9,12,15,17H2,(H,29,32). The van der Waals surface area contributed by atoms with Gasteiger partial charge in [-0.2, -0.15) is 0 Å². The Bertz CT molecular complexity index is 1290. The predicted octanol–water partition coefficient (Wildman–Crippen LogP) is 4.62. The molecular weight excluding hydrogens is 457 g/mol. The summed E-state index contributed by atoms with van der Waals surface area (Å²) in [6.45, 7) is 0.332. The number of unbranched alkanes of at least 4 members (excludes halogenated alkanes) is 1. The molecular formula is C26H29ClFN3O3. The zero-order chi connectivity index (χ0) is 24.1. The molecule has 1 aliphatic rings. The van der Waals surface area contributed by atoms with Crippen molar-refractivity contribution in [2.75, 3.05) is 0 Å². The highest BCUT2D eigenvalue weighted by Gasteiger charge is 2.17. The summed E-state index contributed by atoms with van der Waals surface area (Å²) in [5, 5.41) is 3.74. The molecule has 6 nitrogen and oxygen atoms in total. The van der Waals surface area contributed by atoms with E-state index in [1.54, 1.807) is 30.3 Å². The van der Waals surface area contributed by atoms with E-state index in [0.29, 0.717) is 35.7 Å². The Balaban J connectivity index is 1.50. The van der Waals surface area contributed by atoms with E-state index in [-0.39, 0.29) is 35.6 Å². The van der Waals surface area contributed by atoms with E-state index >= 15 is 0 Å². The average molecular weight is 486 g/mol. The van der Waals surface area contributed by atoms with Crippen molar-refractivity contribution >= 4 is 28.4 Å². The molecule has 1 fully saturated rings. The van der Waals surface area contributed by atoms with Crippen LogP contribution in [0.4, 0.5) is 4.39 Å². The van der Waals surface area contributed by atoms with Gasteiger partial charge >= 0.3 is 5.69 Å². The van der Waals surface area contributed by atoms with E-state index in [4.69, 9.17) is 11.6 Å². The van der Waals surface area contributed by atoms with Crippen LogP contribution in [-0.2, 0) is 17.9 Å². The van der Waals surface area contributed by atoms with Crippen LogP contribution in [0.15, 0.2) is 52.1 Å². The number of hydrogen-bond donors (Lipinski definition) is 1. The van der Waals surface area contributed by atoms with Gasteiger partial charge in [-0.05, 0) is 55.5 Å². The number of aromatic nitrogens is 2. The third-order valence-corrected chi connectivity index (χ3v) is 6.83. The molecule has 8 heteroatoms. The third kappa shape index (κ3) is 5.58. The van der Waals surface area contributed by atoms with Crippen LogP contribution in [0.2, 0.25) is 5.02 Å². The fourth-order valence-corrected chi connectivity index (χ4v) is 4.87. The Kier molecular flexibility index (Phi) is 7.83. The summed E-state index contributed by atoms with van der Waals surface area (Å²) in [6.07, 6.45) is 7.11. The summed E-state index contributed by atoms with van der Waals surface area (Å²) in [5.74, 6) is -0.426. The number of benzene rings is 2. The highest BCUT2D eigenvalue weighted by atomic mass is 35.5. The zero-order valence-corrected chi connectivity index (χ0v) is 19.8. The Labute approximate surface area is 202 Å². The Hall–Kier alpha value is -2.93. The zero-order valence-electron chi connectivity index (χ0n) is 19.1. The second-order valence-corrected chi connectivity index (χ2v) is 9.35. The van der Waals surface area contributed by atoms with Gasteiger partial charge in [-0.3, -0.25) is 18.7 Å². The molecule has 1 heterocycles. The number of nitrogens with zero attached hydrogens (tertiary/aromatic N) is 2. The molecule has 0 spiro atoms. The first-order valence-electron chi connectivity index (χ1n) is 11.9. The van der Waals surface area contributed by atoms with Crippen LogP contribution in [0.5, 0.6) is 0 Å². The first kappa shape index (κ1) is 24.2. The van der Waals surface area contributed by atoms with E-state index in [0.717, 1.165) is 25.7 Å². The van der Waals surface area contributed by atoms with E-state index in [1.807, 2.05) is 0 Å². The Morgan fingerprint density at radius 2 is 1.79 bits per heavy atom. The first-order valence-corrected chi connectivity index (χ1v) is 12.3. The van der Waals surface area contributed by atoms with Crippen LogP contribution >= 0.6 is 11.6 Å². The minimum atomic E-state index is -0.455. The second-order valence-electron chi connectivity index (χ2n) is 8.94. The number of hydrogen-bond acceptors (Lipinski definition) is 3. The lowest BCUT2D eigenvalue weighted by atomic mass is 9.95. The molecule has 3 aromatic rings. The number of rotatable bonds is 8. The highest BCUT2D eigenvalue weighted by Crippen LogP contribution is 2.20. The quantitative estimate of drug-likeness (QED) is 0.473. The fraction of sp³-hybridized carbons (Fsp3) is 0.423. The van der Waals surface area contributed by atoms with Crippen molar-refractivity contribution in [1.29, 1.82) is 0 Å². The summed E-state index contributed by atoms with van der Waals surface area (Å²) in [5.41, 5.74) is 0.283. The maximum Gasteiger partial charge on any atom is 0.331 e. The summed E-state index contributed by atoms with van der Waals surface area (Å²) in [4.78, 5) is 38.6. The summed E-state index contributed by atoms with van der Waals surface area (Å²) in [7, 11) is 0. The maximum absolute atomic E-state index is 13.5. The van der Waals surface area contributed by atoms with Crippen molar-refractivity contribution in [3.05, 3.63) is 79.7 Å². The van der Waals surface area contributed by atoms with E-state index in [1.165, 1.54) is 27.7 Å².